The number of rotatable bonds is 1. The Kier molecular flexibility index (Phi) is 4.53. The Bertz CT molecular complexity index is 723. The fourth-order valence-electron chi connectivity index (χ4n) is 2.41. The molecule has 1 fully saturated rings. The lowest BCUT2D eigenvalue weighted by Crippen LogP contribution is -2.49. The minimum Gasteiger partial charge on any atom is -0.337 e. The number of nitrogens with zero attached hydrogens (tertiary/aromatic N) is 4. The van der Waals surface area contributed by atoms with Gasteiger partial charge in [0, 0.05) is 50.1 Å². The molecule has 23 heavy (non-hydrogen) atoms. The summed E-state index contributed by atoms with van der Waals surface area (Å²) < 4.78 is 0. The van der Waals surface area contributed by atoms with Gasteiger partial charge < -0.3 is 9.80 Å². The second-order valence-corrected chi connectivity index (χ2v) is 5.44. The first-order valence-corrected chi connectivity index (χ1v) is 7.62. The fraction of sp³-hybridized carbons (Fsp3) is 0.278. The largest absolute Gasteiger partial charge is 0.337 e. The minimum absolute atomic E-state index is 0.126. The zero-order valence-corrected chi connectivity index (χ0v) is 13.1. The molecule has 0 aliphatic carbocycles. The van der Waals surface area contributed by atoms with Gasteiger partial charge in [0.1, 0.15) is 0 Å². The molecule has 0 unspecified atom stereocenters. The molecular formula is C18H18N4O. The summed E-state index contributed by atoms with van der Waals surface area (Å²) in [6, 6.07) is 9.64. The molecule has 3 rings (SSSR count). The Labute approximate surface area is 136 Å². The van der Waals surface area contributed by atoms with Crippen LogP contribution in [-0.4, -0.2) is 47.0 Å². The first-order chi connectivity index (χ1) is 11.2. The third kappa shape index (κ3) is 3.86. The Hall–Kier alpha value is -2.87. The highest BCUT2D eigenvalue weighted by atomic mass is 16.2. The van der Waals surface area contributed by atoms with Crippen molar-refractivity contribution in [1.29, 1.82) is 0 Å². The average Bonchev–Trinajstić information content (AvgIpc) is 2.62. The standard InChI is InChI=1S/C18H18N4O/c1-15-3-5-16(6-4-15)7-8-17(23)21-11-13-22(14-12-21)18-19-9-2-10-20-18/h2-6,9-10H,11-14H2,1H3. The summed E-state index contributed by atoms with van der Waals surface area (Å²) >= 11 is 0. The number of piperazine rings is 1. The maximum absolute atomic E-state index is 12.2. The Morgan fingerprint density at radius 3 is 2.35 bits per heavy atom. The molecule has 0 bridgehead atoms. The van der Waals surface area contributed by atoms with Crippen molar-refractivity contribution in [3.63, 3.8) is 0 Å². The van der Waals surface area contributed by atoms with Gasteiger partial charge in [-0.05, 0) is 25.1 Å². The van der Waals surface area contributed by atoms with E-state index in [-0.39, 0.29) is 5.91 Å². The highest BCUT2D eigenvalue weighted by Gasteiger charge is 2.21. The van der Waals surface area contributed by atoms with E-state index in [4.69, 9.17) is 0 Å². The second-order valence-electron chi connectivity index (χ2n) is 5.44. The van der Waals surface area contributed by atoms with Crippen LogP contribution in [0.1, 0.15) is 11.1 Å². The molecular weight excluding hydrogens is 288 g/mol. The van der Waals surface area contributed by atoms with Gasteiger partial charge >= 0.3 is 0 Å². The second kappa shape index (κ2) is 6.93. The molecule has 1 saturated heterocycles. The number of amides is 1. The summed E-state index contributed by atoms with van der Waals surface area (Å²) in [6.45, 7) is 4.75. The first kappa shape index (κ1) is 15.0. The van der Waals surface area contributed by atoms with Crippen molar-refractivity contribution in [2.24, 2.45) is 0 Å². The van der Waals surface area contributed by atoms with E-state index in [1.807, 2.05) is 31.2 Å². The van der Waals surface area contributed by atoms with Crippen molar-refractivity contribution in [3.05, 3.63) is 53.9 Å². The van der Waals surface area contributed by atoms with Crippen molar-refractivity contribution in [3.8, 4) is 11.8 Å². The molecule has 2 aromatic rings. The van der Waals surface area contributed by atoms with Crippen LogP contribution in [0.2, 0.25) is 0 Å². The van der Waals surface area contributed by atoms with E-state index in [1.165, 1.54) is 5.56 Å². The molecule has 1 aromatic heterocycles. The van der Waals surface area contributed by atoms with Gasteiger partial charge in [0.2, 0.25) is 5.95 Å². The van der Waals surface area contributed by atoms with Crippen molar-refractivity contribution < 1.29 is 4.79 Å². The molecule has 1 aromatic carbocycles. The molecule has 0 N–H and O–H groups in total. The number of anilines is 1. The fourth-order valence-corrected chi connectivity index (χ4v) is 2.41. The van der Waals surface area contributed by atoms with Crippen LogP contribution in [0, 0.1) is 18.8 Å². The summed E-state index contributed by atoms with van der Waals surface area (Å²) in [5, 5.41) is 0. The number of carbonyl (C=O) groups excluding carboxylic acids is 1. The third-order valence-corrected chi connectivity index (χ3v) is 3.77. The molecule has 1 aliphatic rings. The quantitative estimate of drug-likeness (QED) is 0.749. The molecule has 2 heterocycles. The Morgan fingerprint density at radius 1 is 1.04 bits per heavy atom. The topological polar surface area (TPSA) is 49.3 Å². The summed E-state index contributed by atoms with van der Waals surface area (Å²) in [4.78, 5) is 24.5. The summed E-state index contributed by atoms with van der Waals surface area (Å²) in [6.07, 6.45) is 3.46. The van der Waals surface area contributed by atoms with Gasteiger partial charge in [-0.25, -0.2) is 9.97 Å². The predicted molar refractivity (Wildman–Crippen MR) is 88.9 cm³/mol. The molecule has 1 amide bonds. The van der Waals surface area contributed by atoms with Gasteiger partial charge in [0.05, 0.1) is 0 Å². The average molecular weight is 306 g/mol. The monoisotopic (exact) mass is 306 g/mol. The van der Waals surface area contributed by atoms with Gasteiger partial charge in [0.15, 0.2) is 0 Å². The van der Waals surface area contributed by atoms with Crippen LogP contribution in [0.5, 0.6) is 0 Å². The molecule has 0 saturated carbocycles. The van der Waals surface area contributed by atoms with Crippen molar-refractivity contribution >= 4 is 11.9 Å². The van der Waals surface area contributed by atoms with Crippen LogP contribution >= 0.6 is 0 Å². The molecule has 0 spiro atoms. The van der Waals surface area contributed by atoms with Crippen LogP contribution in [0.25, 0.3) is 0 Å². The zero-order valence-electron chi connectivity index (χ0n) is 13.1. The normalized spacial score (nSPS) is 14.1. The van der Waals surface area contributed by atoms with Crippen LogP contribution in [0.15, 0.2) is 42.7 Å². The summed E-state index contributed by atoms with van der Waals surface area (Å²) in [5.41, 5.74) is 2.04. The molecule has 5 nitrogen and oxygen atoms in total. The summed E-state index contributed by atoms with van der Waals surface area (Å²) in [7, 11) is 0. The van der Waals surface area contributed by atoms with Crippen LogP contribution in [0.3, 0.4) is 0 Å². The van der Waals surface area contributed by atoms with Crippen LogP contribution in [0.4, 0.5) is 5.95 Å². The van der Waals surface area contributed by atoms with Crippen LogP contribution in [-0.2, 0) is 4.79 Å². The number of aryl methyl sites for hydroxylation is 1. The number of benzene rings is 1. The van der Waals surface area contributed by atoms with Gasteiger partial charge in [0.25, 0.3) is 5.91 Å². The molecule has 0 radical (unpaired) electrons. The number of hydrogen-bond acceptors (Lipinski definition) is 4. The predicted octanol–water partition coefficient (Wildman–Crippen LogP) is 1.49. The van der Waals surface area contributed by atoms with Gasteiger partial charge in [-0.2, -0.15) is 0 Å². The van der Waals surface area contributed by atoms with Gasteiger partial charge in [-0.15, -0.1) is 0 Å². The van der Waals surface area contributed by atoms with Gasteiger partial charge in [-0.1, -0.05) is 23.6 Å². The van der Waals surface area contributed by atoms with Gasteiger partial charge in [-0.3, -0.25) is 4.79 Å². The Morgan fingerprint density at radius 2 is 1.70 bits per heavy atom. The lowest BCUT2D eigenvalue weighted by Gasteiger charge is -2.33. The van der Waals surface area contributed by atoms with E-state index in [9.17, 15) is 4.79 Å². The Balaban J connectivity index is 1.57. The maximum Gasteiger partial charge on any atom is 0.298 e. The highest BCUT2D eigenvalue weighted by molar-refractivity contribution is 5.94. The molecule has 5 heteroatoms. The lowest BCUT2D eigenvalue weighted by atomic mass is 10.1. The summed E-state index contributed by atoms with van der Waals surface area (Å²) in [5.74, 6) is 6.25. The SMILES string of the molecule is Cc1ccc(C#CC(=O)N2CCN(c3ncccn3)CC2)cc1. The zero-order chi connectivity index (χ0) is 16.1. The molecule has 116 valence electrons. The van der Waals surface area contributed by atoms with E-state index < -0.39 is 0 Å². The lowest BCUT2D eigenvalue weighted by molar-refractivity contribution is -0.125. The van der Waals surface area contributed by atoms with E-state index in [1.54, 1.807) is 23.4 Å². The van der Waals surface area contributed by atoms with E-state index in [0.29, 0.717) is 19.0 Å². The van der Waals surface area contributed by atoms with Crippen molar-refractivity contribution in [2.45, 2.75) is 6.92 Å². The number of hydrogen-bond donors (Lipinski definition) is 0. The number of carbonyl (C=O) groups is 1. The van der Waals surface area contributed by atoms with Crippen LogP contribution < -0.4 is 4.90 Å². The third-order valence-electron chi connectivity index (χ3n) is 3.77. The number of aromatic nitrogens is 2. The first-order valence-electron chi connectivity index (χ1n) is 7.62. The molecule has 0 atom stereocenters. The van der Waals surface area contributed by atoms with Crippen molar-refractivity contribution in [2.75, 3.05) is 31.1 Å². The highest BCUT2D eigenvalue weighted by Crippen LogP contribution is 2.09. The van der Waals surface area contributed by atoms with E-state index in [0.717, 1.165) is 18.7 Å². The maximum atomic E-state index is 12.2. The van der Waals surface area contributed by atoms with E-state index in [2.05, 4.69) is 26.7 Å². The minimum atomic E-state index is -0.126. The van der Waals surface area contributed by atoms with E-state index >= 15 is 0 Å². The smallest absolute Gasteiger partial charge is 0.298 e. The van der Waals surface area contributed by atoms with Crippen molar-refractivity contribution in [1.82, 2.24) is 14.9 Å². The molecule has 1 aliphatic heterocycles.